The van der Waals surface area contributed by atoms with E-state index >= 15 is 0 Å². The normalized spacial score (nSPS) is 19.3. The summed E-state index contributed by atoms with van der Waals surface area (Å²) >= 11 is 0. The molecule has 164 valence electrons. The molecule has 0 aromatic carbocycles. The summed E-state index contributed by atoms with van der Waals surface area (Å²) in [5.74, 6) is 0.547. The average molecular weight is 429 g/mol. The molecule has 0 saturated heterocycles. The summed E-state index contributed by atoms with van der Waals surface area (Å²) in [7, 11) is 2.00. The van der Waals surface area contributed by atoms with Crippen LogP contribution >= 0.6 is 0 Å². The Bertz CT molecular complexity index is 982. The maximum atomic E-state index is 12.9. The van der Waals surface area contributed by atoms with E-state index in [1.54, 1.807) is 24.4 Å². The molecule has 1 aliphatic rings. The average Bonchev–Trinajstić information content (AvgIpc) is 3.21. The molecule has 0 spiro atoms. The van der Waals surface area contributed by atoms with Gasteiger partial charge in [0.25, 0.3) is 0 Å². The Labute approximate surface area is 178 Å². The summed E-state index contributed by atoms with van der Waals surface area (Å²) in [5.41, 5.74) is 8.06. The van der Waals surface area contributed by atoms with Crippen molar-refractivity contribution in [1.29, 1.82) is 0 Å². The molecule has 0 aliphatic heterocycles. The molecule has 0 amide bonds. The molecule has 4 rings (SSSR count). The van der Waals surface area contributed by atoms with Gasteiger partial charge in [-0.05, 0) is 43.5 Å². The van der Waals surface area contributed by atoms with Gasteiger partial charge in [0.05, 0.1) is 11.9 Å². The van der Waals surface area contributed by atoms with E-state index in [2.05, 4.69) is 35.0 Å². The van der Waals surface area contributed by atoms with Crippen LogP contribution in [0.4, 0.5) is 14.6 Å². The quantitative estimate of drug-likeness (QED) is 0.577. The summed E-state index contributed by atoms with van der Waals surface area (Å²) in [6, 6.07) is 7.50. The molecule has 1 fully saturated rings. The van der Waals surface area contributed by atoms with Gasteiger partial charge in [-0.1, -0.05) is 12.8 Å². The topological polar surface area (TPSA) is 106 Å². The SMILES string of the molecule is CN(c1ccc(-c2ccc(-c3cn[nH]c3)c(OC(F)F)n2)nn1)[C@H]1CCCCC(N)C1. The molecule has 1 aliphatic carbocycles. The van der Waals surface area contributed by atoms with E-state index in [0.717, 1.165) is 37.9 Å². The molecule has 3 aromatic heterocycles. The molecule has 1 unspecified atom stereocenters. The maximum absolute atomic E-state index is 12.9. The predicted molar refractivity (Wildman–Crippen MR) is 113 cm³/mol. The van der Waals surface area contributed by atoms with Crippen LogP contribution in [-0.4, -0.2) is 51.1 Å². The van der Waals surface area contributed by atoms with Gasteiger partial charge in [0, 0.05) is 36.5 Å². The fourth-order valence-corrected chi connectivity index (χ4v) is 3.94. The number of nitrogens with two attached hydrogens (primary N) is 1. The van der Waals surface area contributed by atoms with Gasteiger partial charge in [-0.2, -0.15) is 13.9 Å². The van der Waals surface area contributed by atoms with Gasteiger partial charge >= 0.3 is 6.61 Å². The highest BCUT2D eigenvalue weighted by molar-refractivity contribution is 5.70. The number of anilines is 1. The number of aromatic amines is 1. The number of alkyl halides is 2. The zero-order chi connectivity index (χ0) is 21.8. The molecule has 31 heavy (non-hydrogen) atoms. The molecule has 2 atom stereocenters. The number of pyridine rings is 1. The standard InChI is InChI=1S/C21H25F2N7O/c1-30(15-5-3-2-4-14(24)10-15)19-9-8-18(28-29-19)17-7-6-16(13-11-25-26-12-13)20(27-17)31-21(22)23/h6-9,11-12,14-15,21H,2-5,10,24H2,1H3,(H,25,26)/t14?,15-/m0/s1. The maximum Gasteiger partial charge on any atom is 0.388 e. The van der Waals surface area contributed by atoms with Gasteiger partial charge < -0.3 is 15.4 Å². The third kappa shape index (κ3) is 4.96. The number of halogens is 2. The van der Waals surface area contributed by atoms with Crippen LogP contribution in [0.15, 0.2) is 36.7 Å². The lowest BCUT2D eigenvalue weighted by molar-refractivity contribution is -0.0523. The Morgan fingerprint density at radius 3 is 2.65 bits per heavy atom. The second-order valence-corrected chi connectivity index (χ2v) is 7.74. The van der Waals surface area contributed by atoms with Crippen molar-refractivity contribution in [1.82, 2.24) is 25.4 Å². The largest absolute Gasteiger partial charge is 0.416 e. The smallest absolute Gasteiger partial charge is 0.388 e. The van der Waals surface area contributed by atoms with Gasteiger partial charge in [0.15, 0.2) is 5.82 Å². The summed E-state index contributed by atoms with van der Waals surface area (Å²) < 4.78 is 30.5. The fourth-order valence-electron chi connectivity index (χ4n) is 3.94. The molecule has 0 radical (unpaired) electrons. The summed E-state index contributed by atoms with van der Waals surface area (Å²) in [6.07, 6.45) is 8.44. The van der Waals surface area contributed by atoms with Gasteiger partial charge in [0.1, 0.15) is 5.69 Å². The molecule has 10 heteroatoms. The van der Waals surface area contributed by atoms with E-state index in [1.807, 2.05) is 13.1 Å². The molecule has 0 bridgehead atoms. The molecule has 1 saturated carbocycles. The number of nitrogens with zero attached hydrogens (tertiary/aromatic N) is 5. The highest BCUT2D eigenvalue weighted by Gasteiger charge is 2.22. The minimum atomic E-state index is -3.00. The van der Waals surface area contributed by atoms with Crippen molar-refractivity contribution in [3.8, 4) is 28.4 Å². The first kappa shape index (κ1) is 21.1. The lowest BCUT2D eigenvalue weighted by Gasteiger charge is -2.29. The molecular formula is C21H25F2N7O. The minimum Gasteiger partial charge on any atom is -0.416 e. The summed E-state index contributed by atoms with van der Waals surface area (Å²) in [4.78, 5) is 6.36. The van der Waals surface area contributed by atoms with Crippen LogP contribution in [0.25, 0.3) is 22.5 Å². The van der Waals surface area contributed by atoms with Crippen molar-refractivity contribution >= 4 is 5.82 Å². The molecule has 8 nitrogen and oxygen atoms in total. The number of aromatic nitrogens is 5. The molecular weight excluding hydrogens is 404 g/mol. The Kier molecular flexibility index (Phi) is 6.36. The number of H-pyrrole nitrogens is 1. The van der Waals surface area contributed by atoms with Crippen molar-refractivity contribution < 1.29 is 13.5 Å². The van der Waals surface area contributed by atoms with Gasteiger partial charge in [-0.25, -0.2) is 4.98 Å². The van der Waals surface area contributed by atoms with E-state index in [0.29, 0.717) is 28.6 Å². The highest BCUT2D eigenvalue weighted by atomic mass is 19.3. The van der Waals surface area contributed by atoms with Crippen LogP contribution in [0, 0.1) is 0 Å². The zero-order valence-corrected chi connectivity index (χ0v) is 17.2. The van der Waals surface area contributed by atoms with E-state index in [1.165, 1.54) is 6.20 Å². The third-order valence-corrected chi connectivity index (χ3v) is 5.63. The number of hydrogen-bond donors (Lipinski definition) is 2. The molecule has 3 aromatic rings. The summed E-state index contributed by atoms with van der Waals surface area (Å²) in [5, 5.41) is 15.1. The number of hydrogen-bond acceptors (Lipinski definition) is 7. The first-order valence-corrected chi connectivity index (χ1v) is 10.3. The van der Waals surface area contributed by atoms with Gasteiger partial charge in [-0.3, -0.25) is 5.10 Å². The Morgan fingerprint density at radius 1 is 1.13 bits per heavy atom. The van der Waals surface area contributed by atoms with Crippen LogP contribution in [0.5, 0.6) is 5.88 Å². The third-order valence-electron chi connectivity index (χ3n) is 5.63. The second-order valence-electron chi connectivity index (χ2n) is 7.74. The fraction of sp³-hybridized carbons (Fsp3) is 0.429. The Hall–Kier alpha value is -3.14. The number of nitrogens with one attached hydrogen (secondary N) is 1. The highest BCUT2D eigenvalue weighted by Crippen LogP contribution is 2.31. The second kappa shape index (κ2) is 9.34. The number of rotatable bonds is 6. The van der Waals surface area contributed by atoms with Crippen LogP contribution in [0.2, 0.25) is 0 Å². The van der Waals surface area contributed by atoms with Crippen molar-refractivity contribution in [3.05, 3.63) is 36.7 Å². The van der Waals surface area contributed by atoms with Gasteiger partial charge in [-0.15, -0.1) is 10.2 Å². The monoisotopic (exact) mass is 429 g/mol. The van der Waals surface area contributed by atoms with Crippen LogP contribution in [-0.2, 0) is 0 Å². The number of ether oxygens (including phenoxy) is 1. The van der Waals surface area contributed by atoms with Crippen molar-refractivity contribution in [2.24, 2.45) is 5.73 Å². The first-order chi connectivity index (χ1) is 15.0. The first-order valence-electron chi connectivity index (χ1n) is 10.3. The van der Waals surface area contributed by atoms with E-state index in [-0.39, 0.29) is 11.9 Å². The molecule has 3 N–H and O–H groups in total. The zero-order valence-electron chi connectivity index (χ0n) is 17.2. The lowest BCUT2D eigenvalue weighted by Crippen LogP contribution is -2.36. The van der Waals surface area contributed by atoms with E-state index in [9.17, 15) is 8.78 Å². The Morgan fingerprint density at radius 2 is 1.94 bits per heavy atom. The van der Waals surface area contributed by atoms with E-state index < -0.39 is 6.61 Å². The van der Waals surface area contributed by atoms with Crippen molar-refractivity contribution in [3.63, 3.8) is 0 Å². The van der Waals surface area contributed by atoms with Crippen LogP contribution in [0.3, 0.4) is 0 Å². The van der Waals surface area contributed by atoms with Crippen LogP contribution in [0.1, 0.15) is 32.1 Å². The lowest BCUT2D eigenvalue weighted by atomic mass is 10.1. The predicted octanol–water partition coefficient (Wildman–Crippen LogP) is 3.63. The van der Waals surface area contributed by atoms with Crippen LogP contribution < -0.4 is 15.4 Å². The summed E-state index contributed by atoms with van der Waals surface area (Å²) in [6.45, 7) is -3.00. The minimum absolute atomic E-state index is 0.190. The van der Waals surface area contributed by atoms with Crippen molar-refractivity contribution in [2.45, 2.75) is 50.8 Å². The van der Waals surface area contributed by atoms with Gasteiger partial charge in [0.2, 0.25) is 5.88 Å². The van der Waals surface area contributed by atoms with Crippen molar-refractivity contribution in [2.75, 3.05) is 11.9 Å². The van der Waals surface area contributed by atoms with E-state index in [4.69, 9.17) is 5.73 Å². The molecule has 3 heterocycles. The Balaban J connectivity index is 1.57.